The van der Waals surface area contributed by atoms with Crippen LogP contribution in [0.15, 0.2) is 72.8 Å². The lowest BCUT2D eigenvalue weighted by Gasteiger charge is -2.36. The quantitative estimate of drug-likeness (QED) is 0.431. The number of hydrogen-bond donors (Lipinski definition) is 0. The lowest BCUT2D eigenvalue weighted by molar-refractivity contribution is 0.241. The minimum Gasteiger partial charge on any atom is -0.367 e. The average Bonchev–Trinajstić information content (AvgIpc) is 3.13. The summed E-state index contributed by atoms with van der Waals surface area (Å²) >= 11 is 6.06. The van der Waals surface area contributed by atoms with E-state index in [9.17, 15) is 4.39 Å². The highest BCUT2D eigenvalue weighted by Gasteiger charge is 2.21. The second-order valence-electron chi connectivity index (χ2n) is 7.94. The van der Waals surface area contributed by atoms with Gasteiger partial charge in [0.1, 0.15) is 11.6 Å². The van der Waals surface area contributed by atoms with Crippen LogP contribution in [0.1, 0.15) is 11.4 Å². The van der Waals surface area contributed by atoms with E-state index in [1.165, 1.54) is 11.6 Å². The molecule has 0 saturated carbocycles. The monoisotopic (exact) mass is 434 g/mol. The van der Waals surface area contributed by atoms with E-state index in [4.69, 9.17) is 16.6 Å². The van der Waals surface area contributed by atoms with Crippen molar-refractivity contribution in [3.8, 4) is 0 Å². The molecule has 1 aliphatic rings. The molecule has 0 amide bonds. The van der Waals surface area contributed by atoms with E-state index in [-0.39, 0.29) is 5.82 Å². The first-order valence-electron chi connectivity index (χ1n) is 10.6. The first-order chi connectivity index (χ1) is 15.2. The molecule has 0 aliphatic carbocycles. The van der Waals surface area contributed by atoms with Crippen molar-refractivity contribution in [3.05, 3.63) is 95.0 Å². The van der Waals surface area contributed by atoms with Crippen LogP contribution >= 0.6 is 11.6 Å². The maximum atomic E-state index is 14.1. The normalized spacial score (nSPS) is 15.0. The molecule has 0 bridgehead atoms. The SMILES string of the molecule is Fc1ccccc1N1CCN(Cc2nc3ccccc3n2Cc2ccc(Cl)cc2)CC1. The van der Waals surface area contributed by atoms with Gasteiger partial charge in [0.2, 0.25) is 0 Å². The summed E-state index contributed by atoms with van der Waals surface area (Å²) in [7, 11) is 0. The smallest absolute Gasteiger partial charge is 0.146 e. The molecule has 4 nitrogen and oxygen atoms in total. The number of piperazine rings is 1. The van der Waals surface area contributed by atoms with Gasteiger partial charge in [0.05, 0.1) is 23.3 Å². The predicted molar refractivity (Wildman–Crippen MR) is 124 cm³/mol. The van der Waals surface area contributed by atoms with Crippen LogP contribution in [0.5, 0.6) is 0 Å². The molecule has 5 rings (SSSR count). The zero-order chi connectivity index (χ0) is 21.2. The van der Waals surface area contributed by atoms with Crippen LogP contribution in [-0.4, -0.2) is 40.6 Å². The zero-order valence-electron chi connectivity index (χ0n) is 17.2. The van der Waals surface area contributed by atoms with Crippen LogP contribution in [0.25, 0.3) is 11.0 Å². The van der Waals surface area contributed by atoms with Crippen LogP contribution in [0.4, 0.5) is 10.1 Å². The van der Waals surface area contributed by atoms with Gasteiger partial charge in [-0.25, -0.2) is 9.37 Å². The highest BCUT2D eigenvalue weighted by atomic mass is 35.5. The third kappa shape index (κ3) is 4.29. The fourth-order valence-electron chi connectivity index (χ4n) is 4.25. The summed E-state index contributed by atoms with van der Waals surface area (Å²) in [6, 6.07) is 23.3. The summed E-state index contributed by atoms with van der Waals surface area (Å²) in [5.41, 5.74) is 4.03. The van der Waals surface area contributed by atoms with Crippen LogP contribution in [-0.2, 0) is 13.1 Å². The largest absolute Gasteiger partial charge is 0.367 e. The maximum absolute atomic E-state index is 14.1. The summed E-state index contributed by atoms with van der Waals surface area (Å²) in [5, 5.41) is 0.743. The van der Waals surface area contributed by atoms with Gasteiger partial charge < -0.3 is 9.47 Å². The molecule has 31 heavy (non-hydrogen) atoms. The summed E-state index contributed by atoms with van der Waals surface area (Å²) in [6.07, 6.45) is 0. The molecule has 1 aromatic heterocycles. The van der Waals surface area contributed by atoms with Crippen molar-refractivity contribution in [3.63, 3.8) is 0 Å². The van der Waals surface area contributed by atoms with Crippen LogP contribution in [0.3, 0.4) is 0 Å². The number of benzene rings is 3. The number of fused-ring (bicyclic) bond motifs is 1. The molecule has 0 unspecified atom stereocenters. The average molecular weight is 435 g/mol. The number of imidazole rings is 1. The fraction of sp³-hybridized carbons (Fsp3) is 0.240. The van der Waals surface area contributed by atoms with E-state index in [2.05, 4.69) is 44.7 Å². The van der Waals surface area contributed by atoms with Gasteiger partial charge in [-0.15, -0.1) is 0 Å². The number of nitrogens with zero attached hydrogens (tertiary/aromatic N) is 4. The number of aromatic nitrogens is 2. The van der Waals surface area contributed by atoms with Crippen molar-refractivity contribution < 1.29 is 4.39 Å². The van der Waals surface area contributed by atoms with Gasteiger partial charge >= 0.3 is 0 Å². The van der Waals surface area contributed by atoms with Gasteiger partial charge in [0, 0.05) is 37.7 Å². The Hall–Kier alpha value is -2.89. The van der Waals surface area contributed by atoms with Crippen LogP contribution in [0, 0.1) is 5.82 Å². The second kappa shape index (κ2) is 8.69. The Labute approximate surface area is 186 Å². The van der Waals surface area contributed by atoms with Crippen molar-refractivity contribution in [1.82, 2.24) is 14.5 Å². The zero-order valence-corrected chi connectivity index (χ0v) is 18.0. The Kier molecular flexibility index (Phi) is 5.62. The highest BCUT2D eigenvalue weighted by molar-refractivity contribution is 6.30. The third-order valence-electron chi connectivity index (χ3n) is 5.92. The van der Waals surface area contributed by atoms with Crippen molar-refractivity contribution in [2.75, 3.05) is 31.1 Å². The number of para-hydroxylation sites is 3. The van der Waals surface area contributed by atoms with E-state index in [0.717, 1.165) is 61.1 Å². The molecule has 1 fully saturated rings. The van der Waals surface area contributed by atoms with E-state index in [0.29, 0.717) is 5.69 Å². The fourth-order valence-corrected chi connectivity index (χ4v) is 4.38. The Balaban J connectivity index is 1.35. The third-order valence-corrected chi connectivity index (χ3v) is 6.17. The number of rotatable bonds is 5. The molecule has 0 spiro atoms. The minimum atomic E-state index is -0.152. The molecule has 3 aromatic carbocycles. The summed E-state index contributed by atoms with van der Waals surface area (Å²) < 4.78 is 16.4. The standard InChI is InChI=1S/C25H24ClFN4/c26-20-11-9-19(10-12-20)17-31-24-8-4-2-6-22(24)28-25(31)18-29-13-15-30(16-14-29)23-7-3-1-5-21(23)27/h1-12H,13-18H2. The van der Waals surface area contributed by atoms with Crippen molar-refractivity contribution >= 4 is 28.3 Å². The molecular formula is C25H24ClFN4. The first kappa shape index (κ1) is 20.0. The first-order valence-corrected chi connectivity index (χ1v) is 11.0. The Bertz CT molecular complexity index is 1180. The van der Waals surface area contributed by atoms with Gasteiger partial charge in [-0.1, -0.05) is 48.0 Å². The van der Waals surface area contributed by atoms with Gasteiger partial charge in [-0.05, 0) is 42.0 Å². The molecule has 0 radical (unpaired) electrons. The topological polar surface area (TPSA) is 24.3 Å². The molecule has 1 saturated heterocycles. The Morgan fingerprint density at radius 1 is 0.806 bits per heavy atom. The summed E-state index contributed by atoms with van der Waals surface area (Å²) in [4.78, 5) is 9.46. The van der Waals surface area contributed by atoms with Gasteiger partial charge in [0.25, 0.3) is 0 Å². The molecule has 4 aromatic rings. The van der Waals surface area contributed by atoms with Crippen molar-refractivity contribution in [1.29, 1.82) is 0 Å². The molecular weight excluding hydrogens is 411 g/mol. The Morgan fingerprint density at radius 3 is 2.29 bits per heavy atom. The lowest BCUT2D eigenvalue weighted by Crippen LogP contribution is -2.46. The highest BCUT2D eigenvalue weighted by Crippen LogP contribution is 2.23. The summed E-state index contributed by atoms with van der Waals surface area (Å²) in [6.45, 7) is 4.88. The number of anilines is 1. The van der Waals surface area contributed by atoms with E-state index < -0.39 is 0 Å². The maximum Gasteiger partial charge on any atom is 0.146 e. The molecule has 158 valence electrons. The van der Waals surface area contributed by atoms with E-state index in [1.54, 1.807) is 6.07 Å². The van der Waals surface area contributed by atoms with Crippen LogP contribution < -0.4 is 4.90 Å². The van der Waals surface area contributed by atoms with E-state index >= 15 is 0 Å². The van der Waals surface area contributed by atoms with Gasteiger partial charge in [0.15, 0.2) is 0 Å². The lowest BCUT2D eigenvalue weighted by atomic mass is 10.2. The van der Waals surface area contributed by atoms with E-state index in [1.807, 2.05) is 30.3 Å². The second-order valence-corrected chi connectivity index (χ2v) is 8.38. The number of halogens is 2. The van der Waals surface area contributed by atoms with Crippen molar-refractivity contribution in [2.24, 2.45) is 0 Å². The molecule has 1 aliphatic heterocycles. The Morgan fingerprint density at radius 2 is 1.52 bits per heavy atom. The molecule has 0 atom stereocenters. The minimum absolute atomic E-state index is 0.152. The number of hydrogen-bond acceptors (Lipinski definition) is 3. The van der Waals surface area contributed by atoms with Crippen LogP contribution in [0.2, 0.25) is 5.02 Å². The predicted octanol–water partition coefficient (Wildman–Crippen LogP) is 5.20. The van der Waals surface area contributed by atoms with Crippen molar-refractivity contribution in [2.45, 2.75) is 13.1 Å². The molecule has 0 N–H and O–H groups in total. The van der Waals surface area contributed by atoms with Gasteiger partial charge in [-0.3, -0.25) is 4.90 Å². The molecule has 2 heterocycles. The summed E-state index contributed by atoms with van der Waals surface area (Å²) in [5.74, 6) is 0.899. The van der Waals surface area contributed by atoms with Gasteiger partial charge in [-0.2, -0.15) is 0 Å². The molecule has 6 heteroatoms.